The van der Waals surface area contributed by atoms with E-state index in [0.717, 1.165) is 10.9 Å². The Kier molecular flexibility index (Phi) is 4.65. The average molecular weight is 338 g/mol. The molecule has 1 unspecified atom stereocenters. The Hall–Kier alpha value is -2.95. The highest BCUT2D eigenvalue weighted by Crippen LogP contribution is 2.18. The maximum atomic E-state index is 12.9. The molecule has 25 heavy (non-hydrogen) atoms. The van der Waals surface area contributed by atoms with Gasteiger partial charge in [-0.3, -0.25) is 9.59 Å². The summed E-state index contributed by atoms with van der Waals surface area (Å²) in [5.74, 6) is -0.683. The molecule has 1 heterocycles. The van der Waals surface area contributed by atoms with E-state index >= 15 is 0 Å². The number of aromatic nitrogens is 1. The zero-order chi connectivity index (χ0) is 18.0. The number of fused-ring (bicyclic) bond motifs is 1. The summed E-state index contributed by atoms with van der Waals surface area (Å²) in [5.41, 5.74) is 2.72. The van der Waals surface area contributed by atoms with Gasteiger partial charge in [0.2, 0.25) is 5.91 Å². The summed E-state index contributed by atoms with van der Waals surface area (Å²) in [6.07, 6.45) is 0.524. The molecule has 0 radical (unpaired) electrons. The predicted molar refractivity (Wildman–Crippen MR) is 97.2 cm³/mol. The van der Waals surface area contributed by atoms with Crippen molar-refractivity contribution in [2.75, 3.05) is 5.32 Å². The fourth-order valence-electron chi connectivity index (χ4n) is 2.72. The van der Waals surface area contributed by atoms with Gasteiger partial charge < -0.3 is 10.3 Å². The van der Waals surface area contributed by atoms with E-state index < -0.39 is 0 Å². The molecule has 1 amide bonds. The summed E-state index contributed by atoms with van der Waals surface area (Å²) in [6, 6.07) is 13.4. The maximum Gasteiger partial charge on any atom is 0.251 e. The number of anilines is 1. The number of halogens is 1. The van der Waals surface area contributed by atoms with Gasteiger partial charge in [-0.15, -0.1) is 0 Å². The number of H-pyrrole nitrogens is 1. The van der Waals surface area contributed by atoms with Crippen LogP contribution < -0.4 is 10.9 Å². The number of carbonyl (C=O) groups excluding carboxylic acids is 1. The van der Waals surface area contributed by atoms with Crippen LogP contribution in [0.15, 0.2) is 53.3 Å². The van der Waals surface area contributed by atoms with E-state index in [4.69, 9.17) is 0 Å². The molecule has 4 nitrogen and oxygen atoms in total. The van der Waals surface area contributed by atoms with Crippen LogP contribution in [0.2, 0.25) is 0 Å². The van der Waals surface area contributed by atoms with Crippen LogP contribution in [0, 0.1) is 18.7 Å². The second-order valence-corrected chi connectivity index (χ2v) is 6.30. The number of carbonyl (C=O) groups is 1. The minimum absolute atomic E-state index is 0.127. The standard InChI is InChI=1S/C20H19FN2O2/c1-12(9-14-3-6-16(21)7-4-14)19(24)22-17-8-5-15-10-13(2)20(25)23-18(15)11-17/h3-8,10-12H,9H2,1-2H3,(H,22,24)(H,23,25). The number of pyridine rings is 1. The van der Waals surface area contributed by atoms with Crippen LogP contribution in [0.25, 0.3) is 10.9 Å². The Morgan fingerprint density at radius 1 is 1.16 bits per heavy atom. The number of hydrogen-bond donors (Lipinski definition) is 2. The van der Waals surface area contributed by atoms with Gasteiger partial charge in [0.05, 0.1) is 5.52 Å². The molecule has 2 N–H and O–H groups in total. The molecule has 0 aliphatic heterocycles. The molecule has 0 fully saturated rings. The average Bonchev–Trinajstić information content (AvgIpc) is 2.58. The van der Waals surface area contributed by atoms with E-state index in [-0.39, 0.29) is 23.2 Å². The number of hydrogen-bond acceptors (Lipinski definition) is 2. The summed E-state index contributed by atoms with van der Waals surface area (Å²) >= 11 is 0. The van der Waals surface area contributed by atoms with Crippen LogP contribution in [-0.2, 0) is 11.2 Å². The van der Waals surface area contributed by atoms with E-state index in [1.807, 2.05) is 25.1 Å². The molecule has 0 saturated carbocycles. The monoisotopic (exact) mass is 338 g/mol. The van der Waals surface area contributed by atoms with E-state index in [2.05, 4.69) is 10.3 Å². The fraction of sp³-hybridized carbons (Fsp3) is 0.200. The van der Waals surface area contributed by atoms with Crippen molar-refractivity contribution in [3.63, 3.8) is 0 Å². The van der Waals surface area contributed by atoms with Gasteiger partial charge in [-0.1, -0.05) is 25.1 Å². The van der Waals surface area contributed by atoms with Crippen LogP contribution in [0.3, 0.4) is 0 Å². The Morgan fingerprint density at radius 3 is 2.60 bits per heavy atom. The van der Waals surface area contributed by atoms with E-state index in [0.29, 0.717) is 23.2 Å². The number of nitrogens with one attached hydrogen (secondary N) is 2. The topological polar surface area (TPSA) is 62.0 Å². The zero-order valence-corrected chi connectivity index (χ0v) is 14.1. The molecule has 0 bridgehead atoms. The summed E-state index contributed by atoms with van der Waals surface area (Å²) in [6.45, 7) is 3.58. The first-order valence-electron chi connectivity index (χ1n) is 8.11. The lowest BCUT2D eigenvalue weighted by Crippen LogP contribution is -2.22. The first-order chi connectivity index (χ1) is 11.9. The van der Waals surface area contributed by atoms with Gasteiger partial charge in [0, 0.05) is 17.2 Å². The van der Waals surface area contributed by atoms with Crippen molar-refractivity contribution in [3.8, 4) is 0 Å². The first-order valence-corrected chi connectivity index (χ1v) is 8.11. The molecule has 3 aromatic rings. The molecular weight excluding hydrogens is 319 g/mol. The third kappa shape index (κ3) is 3.94. The van der Waals surface area contributed by atoms with Gasteiger partial charge in [0.25, 0.3) is 5.56 Å². The molecule has 0 aliphatic carbocycles. The van der Waals surface area contributed by atoms with Gasteiger partial charge in [-0.2, -0.15) is 0 Å². The highest BCUT2D eigenvalue weighted by Gasteiger charge is 2.14. The van der Waals surface area contributed by atoms with E-state index in [1.165, 1.54) is 12.1 Å². The molecule has 2 aromatic carbocycles. The van der Waals surface area contributed by atoms with Crippen LogP contribution in [0.5, 0.6) is 0 Å². The minimum Gasteiger partial charge on any atom is -0.326 e. The highest BCUT2D eigenvalue weighted by molar-refractivity contribution is 5.94. The molecule has 1 atom stereocenters. The van der Waals surface area contributed by atoms with Crippen LogP contribution in [0.4, 0.5) is 10.1 Å². The van der Waals surface area contributed by atoms with E-state index in [1.54, 1.807) is 25.1 Å². The Balaban J connectivity index is 1.73. The molecular formula is C20H19FN2O2. The predicted octanol–water partition coefficient (Wildman–Crippen LogP) is 3.79. The molecule has 128 valence electrons. The number of rotatable bonds is 4. The molecule has 0 saturated heterocycles. The quantitative estimate of drug-likeness (QED) is 0.760. The van der Waals surface area contributed by atoms with Gasteiger partial charge in [0.1, 0.15) is 5.82 Å². The highest BCUT2D eigenvalue weighted by atomic mass is 19.1. The van der Waals surface area contributed by atoms with Crippen LogP contribution in [-0.4, -0.2) is 10.9 Å². The Bertz CT molecular complexity index is 977. The Morgan fingerprint density at radius 2 is 1.88 bits per heavy atom. The third-order valence-electron chi connectivity index (χ3n) is 4.20. The van der Waals surface area contributed by atoms with Crippen molar-refractivity contribution in [2.45, 2.75) is 20.3 Å². The third-order valence-corrected chi connectivity index (χ3v) is 4.20. The van der Waals surface area contributed by atoms with E-state index in [9.17, 15) is 14.0 Å². The lowest BCUT2D eigenvalue weighted by Gasteiger charge is -2.13. The number of amides is 1. The van der Waals surface area contributed by atoms with Gasteiger partial charge in [0.15, 0.2) is 0 Å². The van der Waals surface area contributed by atoms with Crippen LogP contribution >= 0.6 is 0 Å². The van der Waals surface area contributed by atoms with Crippen molar-refractivity contribution < 1.29 is 9.18 Å². The van der Waals surface area contributed by atoms with Crippen molar-refractivity contribution in [1.82, 2.24) is 4.98 Å². The normalized spacial score (nSPS) is 12.1. The lowest BCUT2D eigenvalue weighted by atomic mass is 10.0. The SMILES string of the molecule is Cc1cc2ccc(NC(=O)C(C)Cc3ccc(F)cc3)cc2[nH]c1=O. The second kappa shape index (κ2) is 6.89. The second-order valence-electron chi connectivity index (χ2n) is 6.30. The number of aryl methyl sites for hydroxylation is 1. The molecule has 3 rings (SSSR count). The van der Waals surface area contributed by atoms with Gasteiger partial charge in [-0.05, 0) is 54.6 Å². The summed E-state index contributed by atoms with van der Waals surface area (Å²) in [5, 5.41) is 3.78. The number of aromatic amines is 1. The van der Waals surface area contributed by atoms with Crippen molar-refractivity contribution in [2.24, 2.45) is 5.92 Å². The summed E-state index contributed by atoms with van der Waals surface area (Å²) < 4.78 is 12.9. The molecule has 5 heteroatoms. The molecule has 1 aromatic heterocycles. The minimum atomic E-state index is -0.291. The van der Waals surface area contributed by atoms with Gasteiger partial charge >= 0.3 is 0 Å². The zero-order valence-electron chi connectivity index (χ0n) is 14.1. The summed E-state index contributed by atoms with van der Waals surface area (Å²) in [7, 11) is 0. The van der Waals surface area contributed by atoms with Gasteiger partial charge in [-0.25, -0.2) is 4.39 Å². The maximum absolute atomic E-state index is 12.9. The number of benzene rings is 2. The lowest BCUT2D eigenvalue weighted by molar-refractivity contribution is -0.119. The molecule has 0 spiro atoms. The molecule has 0 aliphatic rings. The van der Waals surface area contributed by atoms with Crippen LogP contribution in [0.1, 0.15) is 18.1 Å². The van der Waals surface area contributed by atoms with Crippen molar-refractivity contribution in [1.29, 1.82) is 0 Å². The van der Waals surface area contributed by atoms with Crippen molar-refractivity contribution >= 4 is 22.5 Å². The summed E-state index contributed by atoms with van der Waals surface area (Å²) in [4.78, 5) is 26.9. The smallest absolute Gasteiger partial charge is 0.251 e. The van der Waals surface area contributed by atoms with Crippen molar-refractivity contribution in [3.05, 3.63) is 75.8 Å². The first kappa shape index (κ1) is 16.9. The fourth-order valence-corrected chi connectivity index (χ4v) is 2.72. The largest absolute Gasteiger partial charge is 0.326 e. The Labute approximate surface area is 144 Å².